The van der Waals surface area contributed by atoms with Crippen molar-refractivity contribution in [2.75, 3.05) is 25.4 Å². The Morgan fingerprint density at radius 3 is 2.17 bits per heavy atom. The van der Waals surface area contributed by atoms with Gasteiger partial charge in [-0.1, -0.05) is 18.2 Å². The number of likely N-dealkylation sites (N-methyl/N-ethyl adjacent to an activating group) is 1. The maximum atomic E-state index is 13.6. The summed E-state index contributed by atoms with van der Waals surface area (Å²) < 4.78 is 10.2. The average molecular weight is 510 g/mol. The summed E-state index contributed by atoms with van der Waals surface area (Å²) in [5.41, 5.74) is 1.62. The third-order valence-electron chi connectivity index (χ3n) is 5.10. The Morgan fingerprint density at radius 2 is 1.69 bits per heavy atom. The predicted octanol–water partition coefficient (Wildman–Crippen LogP) is 3.09. The van der Waals surface area contributed by atoms with Crippen molar-refractivity contribution in [1.82, 2.24) is 15.5 Å². The normalized spacial score (nSPS) is 12.8. The molecule has 3 amide bonds. The van der Waals surface area contributed by atoms with Crippen LogP contribution in [0.2, 0.25) is 0 Å². The third kappa shape index (κ3) is 9.43. The smallest absolute Gasteiger partial charge is 0.408 e. The monoisotopic (exact) mass is 509 g/mol. The van der Waals surface area contributed by atoms with Crippen LogP contribution in [0.4, 0.5) is 4.79 Å². The van der Waals surface area contributed by atoms with E-state index in [1.807, 2.05) is 32.0 Å². The number of benzene rings is 1. The van der Waals surface area contributed by atoms with Crippen LogP contribution in [0.1, 0.15) is 63.8 Å². The van der Waals surface area contributed by atoms with Crippen LogP contribution >= 0.6 is 12.6 Å². The Hall–Kier alpha value is -2.75. The van der Waals surface area contributed by atoms with Crippen molar-refractivity contribution in [1.29, 1.82) is 0 Å². The minimum Gasteiger partial charge on any atom is -0.466 e. The SMILES string of the molecule is CCOC(=O)CCNC(=O)C(c1c(C)cccc1C)N(CC)C(=O)C(CS)NC(=O)OC(C)(C)C. The Morgan fingerprint density at radius 1 is 1.09 bits per heavy atom. The minimum absolute atomic E-state index is 0.0124. The van der Waals surface area contributed by atoms with Crippen molar-refractivity contribution < 1.29 is 28.7 Å². The lowest BCUT2D eigenvalue weighted by molar-refractivity contribution is -0.144. The lowest BCUT2D eigenvalue weighted by atomic mass is 9.93. The summed E-state index contributed by atoms with van der Waals surface area (Å²) in [4.78, 5) is 52.4. The van der Waals surface area contributed by atoms with Gasteiger partial charge in [0.1, 0.15) is 17.7 Å². The van der Waals surface area contributed by atoms with E-state index in [0.29, 0.717) is 5.56 Å². The van der Waals surface area contributed by atoms with E-state index >= 15 is 0 Å². The second-order valence-corrected chi connectivity index (χ2v) is 9.42. The average Bonchev–Trinajstić information content (AvgIpc) is 2.75. The zero-order valence-corrected chi connectivity index (χ0v) is 22.7. The highest BCUT2D eigenvalue weighted by Crippen LogP contribution is 2.28. The number of rotatable bonds is 11. The van der Waals surface area contributed by atoms with Gasteiger partial charge in [0.15, 0.2) is 0 Å². The second-order valence-electron chi connectivity index (χ2n) is 9.06. The van der Waals surface area contributed by atoms with Gasteiger partial charge in [0.05, 0.1) is 13.0 Å². The number of alkyl carbamates (subject to hydrolysis) is 1. The van der Waals surface area contributed by atoms with Gasteiger partial charge in [-0.05, 0) is 65.2 Å². The van der Waals surface area contributed by atoms with Crippen molar-refractivity contribution in [2.45, 2.75) is 72.6 Å². The van der Waals surface area contributed by atoms with Crippen LogP contribution in [0.15, 0.2) is 18.2 Å². The van der Waals surface area contributed by atoms with Crippen LogP contribution in [0, 0.1) is 13.8 Å². The molecule has 35 heavy (non-hydrogen) atoms. The molecule has 196 valence electrons. The molecule has 0 saturated heterocycles. The molecule has 9 nitrogen and oxygen atoms in total. The van der Waals surface area contributed by atoms with E-state index in [4.69, 9.17) is 9.47 Å². The number of nitrogens with zero attached hydrogens (tertiary/aromatic N) is 1. The fraction of sp³-hybridized carbons (Fsp3) is 0.600. The van der Waals surface area contributed by atoms with Gasteiger partial charge < -0.3 is 25.0 Å². The van der Waals surface area contributed by atoms with E-state index in [0.717, 1.165) is 11.1 Å². The van der Waals surface area contributed by atoms with E-state index in [2.05, 4.69) is 23.3 Å². The zero-order chi connectivity index (χ0) is 26.8. The van der Waals surface area contributed by atoms with Crippen LogP contribution in [-0.4, -0.2) is 65.9 Å². The largest absolute Gasteiger partial charge is 0.466 e. The number of nitrogens with one attached hydrogen (secondary N) is 2. The maximum absolute atomic E-state index is 13.6. The van der Waals surface area contributed by atoms with Gasteiger partial charge in [0.25, 0.3) is 0 Å². The van der Waals surface area contributed by atoms with Gasteiger partial charge in [-0.25, -0.2) is 4.79 Å². The molecule has 0 radical (unpaired) electrons. The van der Waals surface area contributed by atoms with Crippen molar-refractivity contribution >= 4 is 36.5 Å². The second kappa shape index (κ2) is 14.0. The molecule has 10 heteroatoms. The van der Waals surface area contributed by atoms with Crippen LogP contribution in [0.3, 0.4) is 0 Å². The quantitative estimate of drug-likeness (QED) is 0.312. The van der Waals surface area contributed by atoms with E-state index in [9.17, 15) is 19.2 Å². The van der Waals surface area contributed by atoms with Gasteiger partial charge >= 0.3 is 12.1 Å². The topological polar surface area (TPSA) is 114 Å². The van der Waals surface area contributed by atoms with Crippen molar-refractivity contribution in [3.8, 4) is 0 Å². The minimum atomic E-state index is -1.01. The summed E-state index contributed by atoms with van der Waals surface area (Å²) in [6, 6.07) is 3.64. The van der Waals surface area contributed by atoms with Crippen molar-refractivity contribution in [3.63, 3.8) is 0 Å². The van der Waals surface area contributed by atoms with E-state index in [-0.39, 0.29) is 31.9 Å². The lowest BCUT2D eigenvalue weighted by Gasteiger charge is -2.34. The van der Waals surface area contributed by atoms with Gasteiger partial charge in [0.2, 0.25) is 11.8 Å². The van der Waals surface area contributed by atoms with Gasteiger partial charge in [-0.2, -0.15) is 12.6 Å². The number of ether oxygens (including phenoxy) is 2. The first-order chi connectivity index (χ1) is 16.4. The third-order valence-corrected chi connectivity index (χ3v) is 5.47. The molecule has 0 bridgehead atoms. The number of hydrogen-bond acceptors (Lipinski definition) is 7. The highest BCUT2D eigenvalue weighted by atomic mass is 32.1. The molecular formula is C25H39N3O6S. The molecule has 0 heterocycles. The molecule has 0 saturated carbocycles. The summed E-state index contributed by atoms with van der Waals surface area (Å²) in [6.45, 7) is 12.9. The Kier molecular flexibility index (Phi) is 12.1. The van der Waals surface area contributed by atoms with Crippen LogP contribution in [-0.2, 0) is 23.9 Å². The highest BCUT2D eigenvalue weighted by Gasteiger charge is 2.36. The van der Waals surface area contributed by atoms with Crippen molar-refractivity contribution in [3.05, 3.63) is 34.9 Å². The molecule has 0 aliphatic carbocycles. The van der Waals surface area contributed by atoms with Crippen LogP contribution in [0.5, 0.6) is 0 Å². The first kappa shape index (κ1) is 30.3. The number of thiol groups is 1. The van der Waals surface area contributed by atoms with E-state index < -0.39 is 41.6 Å². The number of carbonyl (C=O) groups excluding carboxylic acids is 4. The summed E-state index contributed by atoms with van der Waals surface area (Å²) >= 11 is 4.25. The first-order valence-electron chi connectivity index (χ1n) is 11.8. The molecule has 0 aliphatic heterocycles. The highest BCUT2D eigenvalue weighted by molar-refractivity contribution is 7.80. The standard InChI is InChI=1S/C25H39N3O6S/c1-8-28(23(31)18(15-35)27-24(32)34-25(5,6)7)21(20-16(3)11-10-12-17(20)4)22(30)26-14-13-19(29)33-9-2/h10-12,18,21,35H,8-9,13-15H2,1-7H3,(H,26,30)(H,27,32). The molecule has 1 aromatic rings. The molecule has 0 spiro atoms. The molecular weight excluding hydrogens is 470 g/mol. The molecule has 1 rings (SSSR count). The Balaban J connectivity index is 3.27. The number of amides is 3. The molecule has 2 N–H and O–H groups in total. The van der Waals surface area contributed by atoms with Gasteiger partial charge in [-0.3, -0.25) is 14.4 Å². The van der Waals surface area contributed by atoms with Gasteiger partial charge in [0, 0.05) is 18.8 Å². The fourth-order valence-electron chi connectivity index (χ4n) is 3.61. The summed E-state index contributed by atoms with van der Waals surface area (Å²) in [5.74, 6) is -1.31. The summed E-state index contributed by atoms with van der Waals surface area (Å²) in [5, 5.41) is 5.32. The number of esters is 1. The molecule has 0 fully saturated rings. The molecule has 2 atom stereocenters. The lowest BCUT2D eigenvalue weighted by Crippen LogP contribution is -2.54. The van der Waals surface area contributed by atoms with Crippen LogP contribution < -0.4 is 10.6 Å². The summed E-state index contributed by atoms with van der Waals surface area (Å²) in [6.07, 6.45) is -0.734. The molecule has 0 aliphatic rings. The van der Waals surface area contributed by atoms with Crippen molar-refractivity contribution in [2.24, 2.45) is 0 Å². The molecule has 1 aromatic carbocycles. The first-order valence-corrected chi connectivity index (χ1v) is 12.4. The fourth-order valence-corrected chi connectivity index (χ4v) is 3.85. The number of aryl methyl sites for hydroxylation is 2. The summed E-state index contributed by atoms with van der Waals surface area (Å²) in [7, 11) is 0. The Labute approximate surface area is 213 Å². The maximum Gasteiger partial charge on any atom is 0.408 e. The van der Waals surface area contributed by atoms with Crippen LogP contribution in [0.25, 0.3) is 0 Å². The predicted molar refractivity (Wildman–Crippen MR) is 137 cm³/mol. The van der Waals surface area contributed by atoms with E-state index in [1.54, 1.807) is 34.6 Å². The van der Waals surface area contributed by atoms with Gasteiger partial charge in [-0.15, -0.1) is 0 Å². The molecule has 2 unspecified atom stereocenters. The molecule has 0 aromatic heterocycles. The zero-order valence-electron chi connectivity index (χ0n) is 21.8. The number of hydrogen-bond donors (Lipinski definition) is 3. The number of carbonyl (C=O) groups is 4. The van der Waals surface area contributed by atoms with E-state index in [1.165, 1.54) is 4.90 Å². The Bertz CT molecular complexity index is 879.